The van der Waals surface area contributed by atoms with Crippen LogP contribution in [0.25, 0.3) is 0 Å². The standard InChI is InChI=1S/C16H23NO2/c1-11-8-14(16(3,4)5)7-6-13(11)10-17-15(19)9-12(2)18/h6-8H,9-10H2,1-5H3,(H,17,19). The Labute approximate surface area is 115 Å². The smallest absolute Gasteiger partial charge is 0.227 e. The quantitative estimate of drug-likeness (QED) is 0.847. The first-order valence-corrected chi connectivity index (χ1v) is 6.56. The van der Waals surface area contributed by atoms with Gasteiger partial charge in [-0.1, -0.05) is 39.0 Å². The van der Waals surface area contributed by atoms with Crippen LogP contribution in [-0.4, -0.2) is 11.7 Å². The third-order valence-corrected chi connectivity index (χ3v) is 3.09. The normalized spacial score (nSPS) is 11.2. The Balaban J connectivity index is 2.71. The molecule has 3 nitrogen and oxygen atoms in total. The van der Waals surface area contributed by atoms with Gasteiger partial charge in [0, 0.05) is 6.54 Å². The van der Waals surface area contributed by atoms with Gasteiger partial charge in [-0.3, -0.25) is 9.59 Å². The zero-order valence-corrected chi connectivity index (χ0v) is 12.5. The second-order valence-electron chi connectivity index (χ2n) is 6.05. The van der Waals surface area contributed by atoms with Crippen molar-refractivity contribution in [1.82, 2.24) is 5.32 Å². The second kappa shape index (κ2) is 6.00. The Morgan fingerprint density at radius 3 is 2.32 bits per heavy atom. The topological polar surface area (TPSA) is 46.2 Å². The number of amides is 1. The summed E-state index contributed by atoms with van der Waals surface area (Å²) >= 11 is 0. The number of hydrogen-bond acceptors (Lipinski definition) is 2. The monoisotopic (exact) mass is 261 g/mol. The van der Waals surface area contributed by atoms with Gasteiger partial charge >= 0.3 is 0 Å². The van der Waals surface area contributed by atoms with Crippen LogP contribution in [0.15, 0.2) is 18.2 Å². The molecule has 0 radical (unpaired) electrons. The number of Topliss-reactive ketones (excluding diaryl/α,β-unsaturated/α-hetero) is 1. The van der Waals surface area contributed by atoms with E-state index in [2.05, 4.69) is 38.2 Å². The Morgan fingerprint density at radius 1 is 1.21 bits per heavy atom. The van der Waals surface area contributed by atoms with Crippen LogP contribution in [0.2, 0.25) is 0 Å². The zero-order chi connectivity index (χ0) is 14.6. The predicted octanol–water partition coefficient (Wildman–Crippen LogP) is 2.89. The molecule has 1 aromatic carbocycles. The van der Waals surface area contributed by atoms with E-state index in [0.29, 0.717) is 6.54 Å². The number of benzene rings is 1. The maximum atomic E-state index is 11.4. The molecule has 0 unspecified atom stereocenters. The van der Waals surface area contributed by atoms with Gasteiger partial charge in [-0.25, -0.2) is 0 Å². The maximum Gasteiger partial charge on any atom is 0.227 e. The van der Waals surface area contributed by atoms with Gasteiger partial charge in [-0.2, -0.15) is 0 Å². The highest BCUT2D eigenvalue weighted by atomic mass is 16.2. The maximum absolute atomic E-state index is 11.4. The van der Waals surface area contributed by atoms with Crippen LogP contribution in [0.1, 0.15) is 50.8 Å². The minimum atomic E-state index is -0.216. The van der Waals surface area contributed by atoms with E-state index in [4.69, 9.17) is 0 Å². The van der Waals surface area contributed by atoms with E-state index in [1.54, 1.807) is 0 Å². The molecule has 0 aliphatic carbocycles. The molecule has 0 aromatic heterocycles. The summed E-state index contributed by atoms with van der Waals surface area (Å²) in [4.78, 5) is 22.3. The van der Waals surface area contributed by atoms with Crippen molar-refractivity contribution in [1.29, 1.82) is 0 Å². The molecule has 0 atom stereocenters. The van der Waals surface area contributed by atoms with Crippen molar-refractivity contribution < 1.29 is 9.59 Å². The molecule has 0 bridgehead atoms. The van der Waals surface area contributed by atoms with Crippen LogP contribution >= 0.6 is 0 Å². The lowest BCUT2D eigenvalue weighted by Crippen LogP contribution is -2.25. The van der Waals surface area contributed by atoms with E-state index in [9.17, 15) is 9.59 Å². The highest BCUT2D eigenvalue weighted by Crippen LogP contribution is 2.24. The number of ketones is 1. The minimum Gasteiger partial charge on any atom is -0.352 e. The molecule has 1 rings (SSSR count). The van der Waals surface area contributed by atoms with E-state index in [1.165, 1.54) is 12.5 Å². The summed E-state index contributed by atoms with van der Waals surface area (Å²) in [7, 11) is 0. The van der Waals surface area contributed by atoms with E-state index in [1.807, 2.05) is 13.0 Å². The number of nitrogens with one attached hydrogen (secondary N) is 1. The molecule has 0 fully saturated rings. The molecule has 0 saturated heterocycles. The molecular weight excluding hydrogens is 238 g/mol. The summed E-state index contributed by atoms with van der Waals surface area (Å²) in [5.41, 5.74) is 3.66. The third-order valence-electron chi connectivity index (χ3n) is 3.09. The van der Waals surface area contributed by atoms with Crippen molar-refractivity contribution >= 4 is 11.7 Å². The van der Waals surface area contributed by atoms with Crippen molar-refractivity contribution in [2.75, 3.05) is 0 Å². The summed E-state index contributed by atoms with van der Waals surface area (Å²) in [6.45, 7) is 10.5. The summed E-state index contributed by atoms with van der Waals surface area (Å²) in [6, 6.07) is 6.30. The minimum absolute atomic E-state index is 0.0425. The molecule has 0 heterocycles. The number of aryl methyl sites for hydroxylation is 1. The first-order valence-electron chi connectivity index (χ1n) is 6.56. The molecule has 0 aliphatic heterocycles. The van der Waals surface area contributed by atoms with Crippen LogP contribution in [0, 0.1) is 6.92 Å². The largest absolute Gasteiger partial charge is 0.352 e. The molecule has 0 spiro atoms. The van der Waals surface area contributed by atoms with Gasteiger partial charge in [0.15, 0.2) is 0 Å². The zero-order valence-electron chi connectivity index (χ0n) is 12.5. The third kappa shape index (κ3) is 4.86. The van der Waals surface area contributed by atoms with Gasteiger partial charge in [0.2, 0.25) is 5.91 Å². The first-order chi connectivity index (χ1) is 8.70. The van der Waals surface area contributed by atoms with E-state index >= 15 is 0 Å². The lowest BCUT2D eigenvalue weighted by atomic mass is 9.85. The molecule has 1 N–H and O–H groups in total. The summed E-state index contributed by atoms with van der Waals surface area (Å²) in [5, 5.41) is 2.77. The molecule has 104 valence electrons. The van der Waals surface area contributed by atoms with Crippen molar-refractivity contribution in [2.24, 2.45) is 0 Å². The van der Waals surface area contributed by atoms with Gasteiger partial charge in [0.1, 0.15) is 5.78 Å². The second-order valence-corrected chi connectivity index (χ2v) is 6.05. The Bertz CT molecular complexity index is 484. The van der Waals surface area contributed by atoms with Crippen LogP contribution in [-0.2, 0) is 21.5 Å². The van der Waals surface area contributed by atoms with Gasteiger partial charge < -0.3 is 5.32 Å². The Kier molecular flexibility index (Phi) is 4.87. The highest BCUT2D eigenvalue weighted by molar-refractivity contribution is 5.96. The van der Waals surface area contributed by atoms with Crippen molar-refractivity contribution in [2.45, 2.75) is 53.0 Å². The molecule has 19 heavy (non-hydrogen) atoms. The predicted molar refractivity (Wildman–Crippen MR) is 77.0 cm³/mol. The Hall–Kier alpha value is -1.64. The fourth-order valence-corrected chi connectivity index (χ4v) is 1.84. The molecule has 0 saturated carbocycles. The highest BCUT2D eigenvalue weighted by Gasteiger charge is 2.14. The summed E-state index contributed by atoms with van der Waals surface area (Å²) in [6.07, 6.45) is -0.0425. The molecule has 3 heteroatoms. The number of rotatable bonds is 4. The van der Waals surface area contributed by atoms with Crippen LogP contribution in [0.5, 0.6) is 0 Å². The van der Waals surface area contributed by atoms with Gasteiger partial charge in [0.25, 0.3) is 0 Å². The molecule has 1 amide bonds. The fourth-order valence-electron chi connectivity index (χ4n) is 1.84. The molecule has 0 aliphatic rings. The van der Waals surface area contributed by atoms with Gasteiger partial charge in [-0.05, 0) is 36.0 Å². The lowest BCUT2D eigenvalue weighted by molar-refractivity contribution is -0.127. The summed E-state index contributed by atoms with van der Waals surface area (Å²) < 4.78 is 0. The molecular formula is C16H23NO2. The first kappa shape index (κ1) is 15.4. The Morgan fingerprint density at radius 2 is 1.84 bits per heavy atom. The number of hydrogen-bond donors (Lipinski definition) is 1. The average Bonchev–Trinajstić information content (AvgIpc) is 2.25. The van der Waals surface area contributed by atoms with Crippen LogP contribution in [0.3, 0.4) is 0 Å². The van der Waals surface area contributed by atoms with E-state index in [-0.39, 0.29) is 23.5 Å². The lowest BCUT2D eigenvalue weighted by Gasteiger charge is -2.20. The van der Waals surface area contributed by atoms with Gasteiger partial charge in [0.05, 0.1) is 6.42 Å². The van der Waals surface area contributed by atoms with Crippen LogP contribution < -0.4 is 5.32 Å². The number of carbonyl (C=O) groups is 2. The number of carbonyl (C=O) groups excluding carboxylic acids is 2. The van der Waals surface area contributed by atoms with E-state index < -0.39 is 0 Å². The van der Waals surface area contributed by atoms with Gasteiger partial charge in [-0.15, -0.1) is 0 Å². The average molecular weight is 261 g/mol. The SMILES string of the molecule is CC(=O)CC(=O)NCc1ccc(C(C)(C)C)cc1C. The molecule has 1 aromatic rings. The van der Waals surface area contributed by atoms with Crippen molar-refractivity contribution in [3.8, 4) is 0 Å². The van der Waals surface area contributed by atoms with Crippen LogP contribution in [0.4, 0.5) is 0 Å². The summed E-state index contributed by atoms with van der Waals surface area (Å²) in [5.74, 6) is -0.330. The van der Waals surface area contributed by atoms with E-state index in [0.717, 1.165) is 11.1 Å². The van der Waals surface area contributed by atoms with Crippen molar-refractivity contribution in [3.63, 3.8) is 0 Å². The fraction of sp³-hybridized carbons (Fsp3) is 0.500. The van der Waals surface area contributed by atoms with Crippen molar-refractivity contribution in [3.05, 3.63) is 34.9 Å².